The van der Waals surface area contributed by atoms with Crippen LogP contribution in [0.15, 0.2) is 16.3 Å². The molecule has 1 rings (SSSR count). The third-order valence-electron chi connectivity index (χ3n) is 1.08. The van der Waals surface area contributed by atoms with Gasteiger partial charge in [0.05, 0.1) is 4.34 Å². The highest BCUT2D eigenvalue weighted by molar-refractivity contribution is 7.91. The van der Waals surface area contributed by atoms with Gasteiger partial charge in [-0.25, -0.2) is 13.1 Å². The smallest absolute Gasteiger partial charge is 0.214 e. The van der Waals surface area contributed by atoms with E-state index in [0.717, 1.165) is 11.3 Å². The second-order valence-electron chi connectivity index (χ2n) is 1.77. The molecule has 0 amide bonds. The molecule has 0 spiro atoms. The Hall–Kier alpha value is -0.100. The van der Waals surface area contributed by atoms with Crippen LogP contribution < -0.4 is 4.72 Å². The van der Waals surface area contributed by atoms with Crippen molar-refractivity contribution in [3.05, 3.63) is 16.5 Å². The van der Waals surface area contributed by atoms with E-state index in [1.54, 1.807) is 6.07 Å². The van der Waals surface area contributed by atoms with E-state index in [1.807, 2.05) is 0 Å². The molecule has 0 aliphatic heterocycles. The predicted octanol–water partition coefficient (Wildman–Crippen LogP) is 1.31. The molecule has 0 saturated heterocycles. The Morgan fingerprint density at radius 3 is 2.55 bits per heavy atom. The van der Waals surface area contributed by atoms with Crippen LogP contribution in [0.2, 0.25) is 4.34 Å². The Morgan fingerprint density at radius 2 is 2.18 bits per heavy atom. The van der Waals surface area contributed by atoms with E-state index in [-0.39, 0.29) is 4.21 Å². The first-order chi connectivity index (χ1) is 5.06. The summed E-state index contributed by atoms with van der Waals surface area (Å²) < 4.78 is 25.0. The first kappa shape index (κ1) is 8.99. The molecular weight excluding hydrogens is 206 g/mol. The number of thiophene rings is 1. The Bertz CT molecular complexity index is 343. The molecule has 0 aliphatic carbocycles. The molecule has 0 aromatic carbocycles. The molecule has 11 heavy (non-hydrogen) atoms. The van der Waals surface area contributed by atoms with Gasteiger partial charge in [-0.1, -0.05) is 11.6 Å². The molecule has 6 heteroatoms. The standard InChI is InChI=1S/C5H6ClNO2S2/c1-7-11(8,9)5-3-2-4(6)10-5/h2-3,7H,1H3. The highest BCUT2D eigenvalue weighted by Crippen LogP contribution is 2.24. The fourth-order valence-electron chi connectivity index (χ4n) is 0.543. The topological polar surface area (TPSA) is 46.2 Å². The molecule has 0 radical (unpaired) electrons. The lowest BCUT2D eigenvalue weighted by molar-refractivity contribution is 0.590. The Balaban J connectivity index is 3.13. The summed E-state index contributed by atoms with van der Waals surface area (Å²) >= 11 is 6.58. The second-order valence-corrected chi connectivity index (χ2v) is 5.59. The normalized spacial score (nSPS) is 11.8. The predicted molar refractivity (Wildman–Crippen MR) is 45.6 cm³/mol. The highest BCUT2D eigenvalue weighted by atomic mass is 35.5. The zero-order valence-electron chi connectivity index (χ0n) is 5.67. The van der Waals surface area contributed by atoms with Crippen LogP contribution in [0.25, 0.3) is 0 Å². The van der Waals surface area contributed by atoms with E-state index >= 15 is 0 Å². The van der Waals surface area contributed by atoms with E-state index < -0.39 is 10.0 Å². The molecule has 0 fully saturated rings. The van der Waals surface area contributed by atoms with E-state index in [2.05, 4.69) is 4.72 Å². The lowest BCUT2D eigenvalue weighted by Crippen LogP contribution is -2.17. The Labute approximate surface area is 74.1 Å². The minimum atomic E-state index is -3.29. The van der Waals surface area contributed by atoms with Gasteiger partial charge in [0.2, 0.25) is 10.0 Å². The van der Waals surface area contributed by atoms with Gasteiger partial charge < -0.3 is 0 Å². The fraction of sp³-hybridized carbons (Fsp3) is 0.200. The van der Waals surface area contributed by atoms with Gasteiger partial charge in [-0.05, 0) is 19.2 Å². The number of nitrogens with one attached hydrogen (secondary N) is 1. The third kappa shape index (κ3) is 1.93. The average Bonchev–Trinajstić information content (AvgIpc) is 2.36. The number of halogens is 1. The van der Waals surface area contributed by atoms with Crippen molar-refractivity contribution in [3.8, 4) is 0 Å². The minimum absolute atomic E-state index is 0.241. The summed E-state index contributed by atoms with van der Waals surface area (Å²) in [5.74, 6) is 0. The zero-order valence-corrected chi connectivity index (χ0v) is 8.05. The monoisotopic (exact) mass is 211 g/mol. The van der Waals surface area contributed by atoms with E-state index in [9.17, 15) is 8.42 Å². The van der Waals surface area contributed by atoms with Crippen LogP contribution in [-0.4, -0.2) is 15.5 Å². The number of hydrogen-bond donors (Lipinski definition) is 1. The van der Waals surface area contributed by atoms with Crippen molar-refractivity contribution in [2.45, 2.75) is 4.21 Å². The van der Waals surface area contributed by atoms with Crippen molar-refractivity contribution < 1.29 is 8.42 Å². The van der Waals surface area contributed by atoms with Gasteiger partial charge in [0.25, 0.3) is 0 Å². The van der Waals surface area contributed by atoms with Gasteiger partial charge in [-0.2, -0.15) is 0 Å². The van der Waals surface area contributed by atoms with Crippen LogP contribution in [-0.2, 0) is 10.0 Å². The van der Waals surface area contributed by atoms with E-state index in [1.165, 1.54) is 13.1 Å². The largest absolute Gasteiger partial charge is 0.249 e. The first-order valence-electron chi connectivity index (χ1n) is 2.75. The van der Waals surface area contributed by atoms with Gasteiger partial charge in [0.15, 0.2) is 0 Å². The van der Waals surface area contributed by atoms with Crippen molar-refractivity contribution in [2.75, 3.05) is 7.05 Å². The van der Waals surface area contributed by atoms with Crippen LogP contribution in [0.3, 0.4) is 0 Å². The molecule has 0 saturated carbocycles. The van der Waals surface area contributed by atoms with E-state index in [4.69, 9.17) is 11.6 Å². The molecule has 1 aromatic rings. The van der Waals surface area contributed by atoms with Gasteiger partial charge in [-0.15, -0.1) is 11.3 Å². The third-order valence-corrected chi connectivity index (χ3v) is 4.22. The first-order valence-corrected chi connectivity index (χ1v) is 5.43. The maximum Gasteiger partial charge on any atom is 0.249 e. The lowest BCUT2D eigenvalue weighted by Gasteiger charge is -1.95. The summed E-state index contributed by atoms with van der Waals surface area (Å²) in [6.45, 7) is 0. The second kappa shape index (κ2) is 3.10. The number of sulfonamides is 1. The molecule has 0 unspecified atom stereocenters. The molecule has 1 heterocycles. The maximum absolute atomic E-state index is 11.1. The number of hydrogen-bond acceptors (Lipinski definition) is 3. The lowest BCUT2D eigenvalue weighted by atomic mass is 10.7. The minimum Gasteiger partial charge on any atom is -0.214 e. The Morgan fingerprint density at radius 1 is 1.55 bits per heavy atom. The molecule has 3 nitrogen and oxygen atoms in total. The average molecular weight is 212 g/mol. The summed E-state index contributed by atoms with van der Waals surface area (Å²) in [7, 11) is -1.93. The Kier molecular flexibility index (Phi) is 2.54. The summed E-state index contributed by atoms with van der Waals surface area (Å²) in [4.78, 5) is 0. The molecule has 0 aliphatic rings. The molecule has 62 valence electrons. The SMILES string of the molecule is CNS(=O)(=O)c1ccc(Cl)s1. The molecule has 1 N–H and O–H groups in total. The van der Waals surface area contributed by atoms with Crippen molar-refractivity contribution in [1.29, 1.82) is 0 Å². The maximum atomic E-state index is 11.1. The fourth-order valence-corrected chi connectivity index (χ4v) is 2.86. The van der Waals surface area contributed by atoms with Gasteiger partial charge in [0, 0.05) is 0 Å². The summed E-state index contributed by atoms with van der Waals surface area (Å²) in [6, 6.07) is 3.02. The van der Waals surface area contributed by atoms with Crippen molar-refractivity contribution in [3.63, 3.8) is 0 Å². The molecule has 0 bridgehead atoms. The van der Waals surface area contributed by atoms with Gasteiger partial charge in [0.1, 0.15) is 4.21 Å². The van der Waals surface area contributed by atoms with Gasteiger partial charge >= 0.3 is 0 Å². The van der Waals surface area contributed by atoms with Crippen LogP contribution >= 0.6 is 22.9 Å². The van der Waals surface area contributed by atoms with E-state index in [0.29, 0.717) is 4.34 Å². The van der Waals surface area contributed by atoms with Crippen molar-refractivity contribution in [1.82, 2.24) is 4.72 Å². The van der Waals surface area contributed by atoms with Crippen LogP contribution in [0.4, 0.5) is 0 Å². The van der Waals surface area contributed by atoms with Crippen LogP contribution in [0, 0.1) is 0 Å². The zero-order chi connectivity index (χ0) is 8.48. The van der Waals surface area contributed by atoms with Gasteiger partial charge in [-0.3, -0.25) is 0 Å². The van der Waals surface area contributed by atoms with Crippen LogP contribution in [0.5, 0.6) is 0 Å². The molecule has 1 aromatic heterocycles. The molecule has 0 atom stereocenters. The molecular formula is C5H6ClNO2S2. The quantitative estimate of drug-likeness (QED) is 0.802. The van der Waals surface area contributed by atoms with Crippen molar-refractivity contribution in [2.24, 2.45) is 0 Å². The summed E-state index contributed by atoms with van der Waals surface area (Å²) in [5, 5.41) is 0. The van der Waals surface area contributed by atoms with Crippen LogP contribution in [0.1, 0.15) is 0 Å². The van der Waals surface area contributed by atoms with Crippen molar-refractivity contribution >= 4 is 33.0 Å². The highest BCUT2D eigenvalue weighted by Gasteiger charge is 2.12. The summed E-state index contributed by atoms with van der Waals surface area (Å²) in [6.07, 6.45) is 0. The number of rotatable bonds is 2. The summed E-state index contributed by atoms with van der Waals surface area (Å²) in [5.41, 5.74) is 0.